The Morgan fingerprint density at radius 1 is 1.11 bits per heavy atom. The Hall–Kier alpha value is -2.73. The van der Waals surface area contributed by atoms with E-state index in [2.05, 4.69) is 5.32 Å². The fourth-order valence-corrected chi connectivity index (χ4v) is 2.99. The molecule has 150 valence electrons. The van der Waals surface area contributed by atoms with Crippen LogP contribution in [0.5, 0.6) is 11.5 Å². The zero-order valence-electron chi connectivity index (χ0n) is 16.3. The lowest BCUT2D eigenvalue weighted by atomic mass is 10.1. The molecular formula is C21H25ClN2O4. The summed E-state index contributed by atoms with van der Waals surface area (Å²) in [6.45, 7) is 1.89. The number of nitrogens with one attached hydrogen (secondary N) is 1. The average Bonchev–Trinajstić information content (AvgIpc) is 2.73. The number of nitrogens with zero attached hydrogens (tertiary/aromatic N) is 1. The van der Waals surface area contributed by atoms with Crippen molar-refractivity contribution in [3.8, 4) is 11.5 Å². The number of amides is 2. The van der Waals surface area contributed by atoms with Gasteiger partial charge in [-0.3, -0.25) is 9.59 Å². The average molecular weight is 405 g/mol. The molecule has 0 aliphatic heterocycles. The molecular weight excluding hydrogens is 380 g/mol. The molecule has 0 aliphatic carbocycles. The van der Waals surface area contributed by atoms with E-state index in [9.17, 15) is 9.59 Å². The van der Waals surface area contributed by atoms with Gasteiger partial charge < -0.3 is 19.7 Å². The first-order valence-electron chi connectivity index (χ1n) is 9.01. The largest absolute Gasteiger partial charge is 0.497 e. The van der Waals surface area contributed by atoms with E-state index in [4.69, 9.17) is 21.1 Å². The number of hydrogen-bond acceptors (Lipinski definition) is 4. The number of likely N-dealkylation sites (N-methyl/N-ethyl adjacent to an activating group) is 1. The van der Waals surface area contributed by atoms with Gasteiger partial charge in [-0.15, -0.1) is 0 Å². The van der Waals surface area contributed by atoms with Crippen molar-refractivity contribution in [2.45, 2.75) is 25.9 Å². The van der Waals surface area contributed by atoms with E-state index in [1.807, 2.05) is 25.1 Å². The lowest BCUT2D eigenvalue weighted by molar-refractivity contribution is -0.142. The molecule has 2 rings (SSSR count). The molecule has 0 heterocycles. The summed E-state index contributed by atoms with van der Waals surface area (Å²) in [6, 6.07) is 13.6. The number of ether oxygens (including phenoxy) is 2. The van der Waals surface area contributed by atoms with Gasteiger partial charge in [0, 0.05) is 18.6 Å². The molecule has 0 fully saturated rings. The molecule has 1 N–H and O–H groups in total. The Labute approximate surface area is 170 Å². The van der Waals surface area contributed by atoms with Crippen LogP contribution in [0.25, 0.3) is 0 Å². The molecule has 0 spiro atoms. The second-order valence-electron chi connectivity index (χ2n) is 6.12. The summed E-state index contributed by atoms with van der Waals surface area (Å²) in [7, 11) is 3.13. The SMILES string of the molecule is CCC(C(=O)NC)N(Cc1ccccc1Cl)C(=O)COc1ccc(OC)cc1. The summed E-state index contributed by atoms with van der Waals surface area (Å²) in [6.07, 6.45) is 0.471. The van der Waals surface area contributed by atoms with Crippen LogP contribution in [0.3, 0.4) is 0 Å². The first-order chi connectivity index (χ1) is 13.5. The summed E-state index contributed by atoms with van der Waals surface area (Å²) in [5.41, 5.74) is 0.768. The number of rotatable bonds is 9. The summed E-state index contributed by atoms with van der Waals surface area (Å²) in [5, 5.41) is 3.16. The van der Waals surface area contributed by atoms with Crippen LogP contribution in [-0.4, -0.2) is 43.5 Å². The van der Waals surface area contributed by atoms with Crippen LogP contribution in [0.15, 0.2) is 48.5 Å². The van der Waals surface area contributed by atoms with Gasteiger partial charge in [0.1, 0.15) is 17.5 Å². The van der Waals surface area contributed by atoms with Crippen molar-refractivity contribution in [3.05, 3.63) is 59.1 Å². The zero-order chi connectivity index (χ0) is 20.5. The van der Waals surface area contributed by atoms with E-state index in [0.717, 1.165) is 5.56 Å². The van der Waals surface area contributed by atoms with Crippen molar-refractivity contribution < 1.29 is 19.1 Å². The van der Waals surface area contributed by atoms with Crippen LogP contribution in [0, 0.1) is 0 Å². The number of halogens is 1. The fraction of sp³-hybridized carbons (Fsp3) is 0.333. The van der Waals surface area contributed by atoms with Gasteiger partial charge in [-0.25, -0.2) is 0 Å². The van der Waals surface area contributed by atoms with Crippen molar-refractivity contribution in [2.24, 2.45) is 0 Å². The Balaban J connectivity index is 2.17. The fourth-order valence-electron chi connectivity index (χ4n) is 2.80. The Kier molecular flexibility index (Phi) is 8.14. The summed E-state index contributed by atoms with van der Waals surface area (Å²) >= 11 is 6.25. The lowest BCUT2D eigenvalue weighted by Crippen LogP contribution is -2.49. The maximum atomic E-state index is 12.9. The zero-order valence-corrected chi connectivity index (χ0v) is 17.0. The van der Waals surface area contributed by atoms with Crippen molar-refractivity contribution in [2.75, 3.05) is 20.8 Å². The van der Waals surface area contributed by atoms with Gasteiger partial charge in [-0.1, -0.05) is 36.7 Å². The molecule has 28 heavy (non-hydrogen) atoms. The van der Waals surface area contributed by atoms with E-state index < -0.39 is 6.04 Å². The van der Waals surface area contributed by atoms with Gasteiger partial charge in [-0.2, -0.15) is 0 Å². The molecule has 7 heteroatoms. The van der Waals surface area contributed by atoms with Crippen molar-refractivity contribution >= 4 is 23.4 Å². The molecule has 0 saturated carbocycles. The summed E-state index contributed by atoms with van der Waals surface area (Å²) in [5.74, 6) is 0.711. The van der Waals surface area contributed by atoms with E-state index in [1.54, 1.807) is 44.5 Å². The molecule has 1 unspecified atom stereocenters. The normalized spacial score (nSPS) is 11.4. The van der Waals surface area contributed by atoms with Gasteiger partial charge in [0.05, 0.1) is 7.11 Å². The monoisotopic (exact) mass is 404 g/mol. The molecule has 2 aromatic carbocycles. The number of carbonyl (C=O) groups excluding carboxylic acids is 2. The number of carbonyl (C=O) groups is 2. The molecule has 1 atom stereocenters. The van der Waals surface area contributed by atoms with Crippen molar-refractivity contribution in [1.82, 2.24) is 10.2 Å². The quantitative estimate of drug-likeness (QED) is 0.696. The minimum atomic E-state index is -0.617. The molecule has 0 aromatic heterocycles. The van der Waals surface area contributed by atoms with Crippen LogP contribution in [0.2, 0.25) is 5.02 Å². The van der Waals surface area contributed by atoms with E-state index in [-0.39, 0.29) is 25.0 Å². The molecule has 2 aromatic rings. The molecule has 0 bridgehead atoms. The highest BCUT2D eigenvalue weighted by molar-refractivity contribution is 6.31. The van der Waals surface area contributed by atoms with Crippen molar-refractivity contribution in [1.29, 1.82) is 0 Å². The highest BCUT2D eigenvalue weighted by Crippen LogP contribution is 2.21. The lowest BCUT2D eigenvalue weighted by Gasteiger charge is -2.30. The standard InChI is InChI=1S/C21H25ClN2O4/c1-4-19(21(26)23-2)24(13-15-7-5-6-8-18(15)22)20(25)14-28-17-11-9-16(27-3)10-12-17/h5-12,19H,4,13-14H2,1-3H3,(H,23,26). The molecule has 0 aliphatic rings. The molecule has 0 radical (unpaired) electrons. The van der Waals surface area contributed by atoms with Crippen LogP contribution in [-0.2, 0) is 16.1 Å². The first kappa shape index (κ1) is 21.6. The van der Waals surface area contributed by atoms with Crippen molar-refractivity contribution in [3.63, 3.8) is 0 Å². The van der Waals surface area contributed by atoms with E-state index in [0.29, 0.717) is 22.9 Å². The maximum Gasteiger partial charge on any atom is 0.261 e. The van der Waals surface area contributed by atoms with Gasteiger partial charge in [-0.05, 0) is 42.3 Å². The molecule has 0 saturated heterocycles. The maximum absolute atomic E-state index is 12.9. The van der Waals surface area contributed by atoms with Gasteiger partial charge in [0.25, 0.3) is 5.91 Å². The third-order valence-electron chi connectivity index (χ3n) is 4.35. The number of methoxy groups -OCH3 is 1. The van der Waals surface area contributed by atoms with Crippen LogP contribution < -0.4 is 14.8 Å². The molecule has 2 amide bonds. The van der Waals surface area contributed by atoms with Gasteiger partial charge >= 0.3 is 0 Å². The van der Waals surface area contributed by atoms with Crippen LogP contribution in [0.4, 0.5) is 0 Å². The third-order valence-corrected chi connectivity index (χ3v) is 4.72. The highest BCUT2D eigenvalue weighted by atomic mass is 35.5. The van der Waals surface area contributed by atoms with Crippen LogP contribution >= 0.6 is 11.6 Å². The second kappa shape index (κ2) is 10.6. The first-order valence-corrected chi connectivity index (χ1v) is 9.39. The molecule has 6 nitrogen and oxygen atoms in total. The Morgan fingerprint density at radius 2 is 1.75 bits per heavy atom. The highest BCUT2D eigenvalue weighted by Gasteiger charge is 2.28. The smallest absolute Gasteiger partial charge is 0.261 e. The summed E-state index contributed by atoms with van der Waals surface area (Å²) in [4.78, 5) is 26.7. The van der Waals surface area contributed by atoms with E-state index >= 15 is 0 Å². The Morgan fingerprint density at radius 3 is 2.32 bits per heavy atom. The summed E-state index contributed by atoms with van der Waals surface area (Å²) < 4.78 is 10.7. The van der Waals surface area contributed by atoms with Crippen LogP contribution in [0.1, 0.15) is 18.9 Å². The second-order valence-corrected chi connectivity index (χ2v) is 6.52. The number of benzene rings is 2. The van der Waals surface area contributed by atoms with Gasteiger partial charge in [0.2, 0.25) is 5.91 Å². The topological polar surface area (TPSA) is 67.9 Å². The predicted molar refractivity (Wildman–Crippen MR) is 109 cm³/mol. The number of hydrogen-bond donors (Lipinski definition) is 1. The minimum Gasteiger partial charge on any atom is -0.497 e. The third kappa shape index (κ3) is 5.63. The minimum absolute atomic E-state index is 0.190. The predicted octanol–water partition coefficient (Wildman–Crippen LogP) is 3.28. The Bertz CT molecular complexity index is 795. The van der Waals surface area contributed by atoms with Gasteiger partial charge in [0.15, 0.2) is 6.61 Å². The van der Waals surface area contributed by atoms with E-state index in [1.165, 1.54) is 4.90 Å².